The number of nitrogens with one attached hydrogen (secondary N) is 1. The molecule has 6 nitrogen and oxygen atoms in total. The smallest absolute Gasteiger partial charge is 0.247 e. The van der Waals surface area contributed by atoms with Crippen molar-refractivity contribution in [3.8, 4) is 0 Å². The standard InChI is InChI=1S/C16H14BrClFN5O/c1-10-13(18)6-20-24(10)9-15(25)21-16-12(17)8-23(22-16)7-11-4-2-3-5-14(11)19/h2-6,8H,7,9H2,1H3,(H,21,22,25). The van der Waals surface area contributed by atoms with Gasteiger partial charge in [-0.3, -0.25) is 14.2 Å². The van der Waals surface area contributed by atoms with Crippen molar-refractivity contribution in [2.24, 2.45) is 0 Å². The van der Waals surface area contributed by atoms with Crippen molar-refractivity contribution in [2.75, 3.05) is 5.32 Å². The first-order valence-corrected chi connectivity index (χ1v) is 8.55. The maximum Gasteiger partial charge on any atom is 0.247 e. The highest BCUT2D eigenvalue weighted by molar-refractivity contribution is 9.10. The molecule has 0 aliphatic carbocycles. The van der Waals surface area contributed by atoms with Crippen molar-refractivity contribution >= 4 is 39.3 Å². The number of carbonyl (C=O) groups is 1. The van der Waals surface area contributed by atoms with Crippen LogP contribution >= 0.6 is 27.5 Å². The van der Waals surface area contributed by atoms with E-state index in [4.69, 9.17) is 11.6 Å². The Morgan fingerprint density at radius 1 is 1.40 bits per heavy atom. The zero-order chi connectivity index (χ0) is 18.0. The first-order valence-electron chi connectivity index (χ1n) is 7.38. The Hall–Kier alpha value is -2.19. The monoisotopic (exact) mass is 425 g/mol. The molecule has 0 saturated heterocycles. The molecule has 130 valence electrons. The highest BCUT2D eigenvalue weighted by Crippen LogP contribution is 2.21. The van der Waals surface area contributed by atoms with Crippen molar-refractivity contribution in [1.29, 1.82) is 0 Å². The van der Waals surface area contributed by atoms with Gasteiger partial charge in [0, 0.05) is 11.8 Å². The second-order valence-electron chi connectivity index (χ2n) is 5.40. The molecular weight excluding hydrogens is 413 g/mol. The molecule has 0 saturated carbocycles. The quantitative estimate of drug-likeness (QED) is 0.677. The number of aromatic nitrogens is 4. The van der Waals surface area contributed by atoms with Crippen LogP contribution in [-0.2, 0) is 17.9 Å². The van der Waals surface area contributed by atoms with E-state index in [9.17, 15) is 9.18 Å². The summed E-state index contributed by atoms with van der Waals surface area (Å²) in [6.45, 7) is 2.06. The van der Waals surface area contributed by atoms with Gasteiger partial charge in [-0.1, -0.05) is 29.8 Å². The molecule has 3 aromatic rings. The Bertz CT molecular complexity index is 923. The SMILES string of the molecule is Cc1c(Cl)cnn1CC(=O)Nc1nn(Cc2ccccc2F)cc1Br. The average Bonchev–Trinajstić information content (AvgIpc) is 3.06. The fourth-order valence-corrected chi connectivity index (χ4v) is 2.81. The van der Waals surface area contributed by atoms with E-state index in [1.807, 2.05) is 0 Å². The van der Waals surface area contributed by atoms with Gasteiger partial charge in [-0.15, -0.1) is 0 Å². The number of halogens is 3. The summed E-state index contributed by atoms with van der Waals surface area (Å²) >= 11 is 9.27. The summed E-state index contributed by atoms with van der Waals surface area (Å²) in [4.78, 5) is 12.2. The molecule has 0 fully saturated rings. The normalized spacial score (nSPS) is 10.9. The van der Waals surface area contributed by atoms with Gasteiger partial charge in [0.05, 0.1) is 27.9 Å². The molecule has 1 aromatic carbocycles. The Balaban J connectivity index is 1.69. The molecular formula is C16H14BrClFN5O. The summed E-state index contributed by atoms with van der Waals surface area (Å²) in [5.41, 5.74) is 1.22. The van der Waals surface area contributed by atoms with E-state index in [-0.39, 0.29) is 24.8 Å². The summed E-state index contributed by atoms with van der Waals surface area (Å²) in [6, 6.07) is 6.48. The van der Waals surface area contributed by atoms with Crippen LogP contribution in [0, 0.1) is 12.7 Å². The third kappa shape index (κ3) is 4.08. The second-order valence-corrected chi connectivity index (χ2v) is 6.66. The van der Waals surface area contributed by atoms with E-state index < -0.39 is 0 Å². The number of amides is 1. The largest absolute Gasteiger partial charge is 0.307 e. The molecule has 1 amide bonds. The van der Waals surface area contributed by atoms with Crippen LogP contribution in [0.1, 0.15) is 11.3 Å². The maximum atomic E-state index is 13.7. The highest BCUT2D eigenvalue weighted by atomic mass is 79.9. The molecule has 0 radical (unpaired) electrons. The molecule has 0 bridgehead atoms. The molecule has 0 unspecified atom stereocenters. The van der Waals surface area contributed by atoms with Crippen LogP contribution in [0.5, 0.6) is 0 Å². The van der Waals surface area contributed by atoms with E-state index in [0.717, 1.165) is 0 Å². The summed E-state index contributed by atoms with van der Waals surface area (Å²) in [7, 11) is 0. The number of rotatable bonds is 5. The maximum absolute atomic E-state index is 13.7. The first kappa shape index (κ1) is 17.6. The lowest BCUT2D eigenvalue weighted by molar-refractivity contribution is -0.117. The number of anilines is 1. The minimum absolute atomic E-state index is 0.0190. The van der Waals surface area contributed by atoms with Crippen LogP contribution < -0.4 is 5.32 Å². The van der Waals surface area contributed by atoms with Crippen LogP contribution in [0.2, 0.25) is 5.02 Å². The summed E-state index contributed by atoms with van der Waals surface area (Å²) in [5, 5.41) is 11.5. The van der Waals surface area contributed by atoms with Crippen LogP contribution in [0.4, 0.5) is 10.2 Å². The lowest BCUT2D eigenvalue weighted by atomic mass is 10.2. The molecule has 1 N–H and O–H groups in total. The number of carbonyl (C=O) groups excluding carboxylic acids is 1. The number of nitrogens with zero attached hydrogens (tertiary/aromatic N) is 4. The van der Waals surface area contributed by atoms with Gasteiger partial charge in [0.25, 0.3) is 0 Å². The molecule has 3 rings (SSSR count). The molecule has 0 aliphatic heterocycles. The molecule has 2 aromatic heterocycles. The molecule has 2 heterocycles. The fraction of sp³-hybridized carbons (Fsp3) is 0.188. The minimum Gasteiger partial charge on any atom is -0.307 e. The Morgan fingerprint density at radius 3 is 2.84 bits per heavy atom. The van der Waals surface area contributed by atoms with Gasteiger partial charge in [-0.25, -0.2) is 4.39 Å². The fourth-order valence-electron chi connectivity index (χ4n) is 2.25. The van der Waals surface area contributed by atoms with E-state index in [0.29, 0.717) is 26.6 Å². The molecule has 0 atom stereocenters. The van der Waals surface area contributed by atoms with Crippen LogP contribution in [-0.4, -0.2) is 25.5 Å². The molecule has 25 heavy (non-hydrogen) atoms. The average molecular weight is 427 g/mol. The van der Waals surface area contributed by atoms with Gasteiger partial charge >= 0.3 is 0 Å². The third-order valence-corrected chi connectivity index (χ3v) is 4.55. The molecule has 9 heteroatoms. The summed E-state index contributed by atoms with van der Waals surface area (Å²) in [6.07, 6.45) is 3.17. The van der Waals surface area contributed by atoms with E-state index in [1.165, 1.54) is 16.9 Å². The van der Waals surface area contributed by atoms with E-state index in [2.05, 4.69) is 31.4 Å². The zero-order valence-corrected chi connectivity index (χ0v) is 15.6. The topological polar surface area (TPSA) is 64.7 Å². The van der Waals surface area contributed by atoms with Crippen LogP contribution in [0.25, 0.3) is 0 Å². The van der Waals surface area contributed by atoms with Crippen molar-refractivity contribution in [2.45, 2.75) is 20.0 Å². The van der Waals surface area contributed by atoms with E-state index in [1.54, 1.807) is 36.0 Å². The van der Waals surface area contributed by atoms with Gasteiger partial charge < -0.3 is 5.32 Å². The first-order chi connectivity index (χ1) is 11.9. The van der Waals surface area contributed by atoms with Crippen LogP contribution in [0.3, 0.4) is 0 Å². The number of benzene rings is 1. The lowest BCUT2D eigenvalue weighted by Gasteiger charge is -2.05. The Morgan fingerprint density at radius 2 is 2.16 bits per heavy atom. The molecule has 0 spiro atoms. The minimum atomic E-state index is -0.300. The lowest BCUT2D eigenvalue weighted by Crippen LogP contribution is -2.20. The van der Waals surface area contributed by atoms with Gasteiger partial charge in [0.1, 0.15) is 12.4 Å². The van der Waals surface area contributed by atoms with Crippen molar-refractivity contribution in [1.82, 2.24) is 19.6 Å². The Labute approximate surface area is 156 Å². The third-order valence-electron chi connectivity index (χ3n) is 3.60. The van der Waals surface area contributed by atoms with Crippen molar-refractivity contribution < 1.29 is 9.18 Å². The predicted molar refractivity (Wildman–Crippen MR) is 96.0 cm³/mol. The number of hydrogen-bond donors (Lipinski definition) is 1. The predicted octanol–water partition coefficient (Wildman–Crippen LogP) is 3.63. The number of hydrogen-bond acceptors (Lipinski definition) is 3. The van der Waals surface area contributed by atoms with Crippen molar-refractivity contribution in [3.63, 3.8) is 0 Å². The molecule has 0 aliphatic rings. The second kappa shape index (κ2) is 7.37. The zero-order valence-electron chi connectivity index (χ0n) is 13.2. The van der Waals surface area contributed by atoms with Gasteiger partial charge in [0.2, 0.25) is 5.91 Å². The van der Waals surface area contributed by atoms with E-state index >= 15 is 0 Å². The van der Waals surface area contributed by atoms with Gasteiger partial charge in [0.15, 0.2) is 5.82 Å². The summed E-state index contributed by atoms with van der Waals surface area (Å²) in [5.74, 6) is -0.234. The van der Waals surface area contributed by atoms with Crippen LogP contribution in [0.15, 0.2) is 41.1 Å². The Kier molecular flexibility index (Phi) is 5.19. The van der Waals surface area contributed by atoms with Crippen molar-refractivity contribution in [3.05, 3.63) is 63.2 Å². The van der Waals surface area contributed by atoms with Gasteiger partial charge in [-0.2, -0.15) is 10.2 Å². The van der Waals surface area contributed by atoms with Gasteiger partial charge in [-0.05, 0) is 28.9 Å². The summed E-state index contributed by atoms with van der Waals surface area (Å²) < 4.78 is 17.4. The highest BCUT2D eigenvalue weighted by Gasteiger charge is 2.14.